The number of benzene rings is 2. The van der Waals surface area contributed by atoms with Gasteiger partial charge in [0.25, 0.3) is 0 Å². The zero-order valence-corrected chi connectivity index (χ0v) is 16.8. The average Bonchev–Trinajstić information content (AvgIpc) is 2.61. The van der Waals surface area contributed by atoms with Crippen LogP contribution in [0.3, 0.4) is 0 Å². The number of alkyl halides is 3. The molecule has 4 nitrogen and oxygen atoms in total. The van der Waals surface area contributed by atoms with E-state index in [1.165, 1.54) is 12.1 Å². The molecule has 0 atom stereocenters. The third-order valence-corrected chi connectivity index (χ3v) is 3.56. The minimum Gasteiger partial charge on any atom is -0.497 e. The van der Waals surface area contributed by atoms with Gasteiger partial charge in [-0.1, -0.05) is 24.3 Å². The van der Waals surface area contributed by atoms with Crippen molar-refractivity contribution in [2.45, 2.75) is 19.3 Å². The lowest BCUT2D eigenvalue weighted by Crippen LogP contribution is -2.36. The Bertz CT molecular complexity index is 718. The van der Waals surface area contributed by atoms with Gasteiger partial charge in [-0.15, -0.1) is 24.0 Å². The van der Waals surface area contributed by atoms with Crippen LogP contribution >= 0.6 is 24.0 Å². The molecule has 0 heterocycles. The number of aliphatic imine (C=N–C) groups is 1. The molecule has 8 heteroatoms. The summed E-state index contributed by atoms with van der Waals surface area (Å²) in [5.41, 5.74) is 1.10. The summed E-state index contributed by atoms with van der Waals surface area (Å²) < 4.78 is 42.8. The van der Waals surface area contributed by atoms with E-state index in [0.29, 0.717) is 19.0 Å². The van der Waals surface area contributed by atoms with Gasteiger partial charge in [-0.3, -0.25) is 4.99 Å². The highest BCUT2D eigenvalue weighted by molar-refractivity contribution is 14.0. The predicted octanol–water partition coefficient (Wildman–Crippen LogP) is 4.20. The highest BCUT2D eigenvalue weighted by atomic mass is 127. The number of guanidine groups is 1. The van der Waals surface area contributed by atoms with Crippen molar-refractivity contribution in [1.29, 1.82) is 0 Å². The van der Waals surface area contributed by atoms with E-state index in [2.05, 4.69) is 15.6 Å². The molecule has 0 radical (unpaired) electrons. The Hall–Kier alpha value is -1.97. The first kappa shape index (κ1) is 22.1. The zero-order chi connectivity index (χ0) is 18.3. The first-order valence-electron chi connectivity index (χ1n) is 7.66. The van der Waals surface area contributed by atoms with E-state index in [9.17, 15) is 13.2 Å². The molecule has 0 unspecified atom stereocenters. The van der Waals surface area contributed by atoms with E-state index in [1.54, 1.807) is 14.2 Å². The molecule has 0 aliphatic carbocycles. The number of ether oxygens (including phenoxy) is 1. The topological polar surface area (TPSA) is 45.7 Å². The Labute approximate surface area is 167 Å². The standard InChI is InChI=1S/C18H20F3N3O.HI/c1-22-17(24-12-14-4-3-5-16(10-14)25-2)23-11-13-6-8-15(9-7-13)18(19,20)21;/h3-10H,11-12H2,1-2H3,(H2,22,23,24);1H. The fraction of sp³-hybridized carbons (Fsp3) is 0.278. The Kier molecular flexibility index (Phi) is 8.70. The van der Waals surface area contributed by atoms with Crippen molar-refractivity contribution in [2.75, 3.05) is 14.2 Å². The summed E-state index contributed by atoms with van der Waals surface area (Å²) in [7, 11) is 3.24. The van der Waals surface area contributed by atoms with Crippen molar-refractivity contribution in [2.24, 2.45) is 4.99 Å². The number of hydrogen-bond donors (Lipinski definition) is 2. The van der Waals surface area contributed by atoms with Crippen LogP contribution in [0.1, 0.15) is 16.7 Å². The lowest BCUT2D eigenvalue weighted by Gasteiger charge is -2.13. The largest absolute Gasteiger partial charge is 0.497 e. The van der Waals surface area contributed by atoms with Gasteiger partial charge in [0.2, 0.25) is 0 Å². The van der Waals surface area contributed by atoms with Crippen molar-refractivity contribution >= 4 is 29.9 Å². The highest BCUT2D eigenvalue weighted by Crippen LogP contribution is 2.29. The number of nitrogens with one attached hydrogen (secondary N) is 2. The number of hydrogen-bond acceptors (Lipinski definition) is 2. The molecule has 2 aromatic carbocycles. The van der Waals surface area contributed by atoms with Crippen LogP contribution in [-0.2, 0) is 19.3 Å². The summed E-state index contributed by atoms with van der Waals surface area (Å²) in [5.74, 6) is 1.33. The zero-order valence-electron chi connectivity index (χ0n) is 14.4. The van der Waals surface area contributed by atoms with Crippen molar-refractivity contribution < 1.29 is 17.9 Å². The maximum absolute atomic E-state index is 12.6. The van der Waals surface area contributed by atoms with E-state index in [1.807, 2.05) is 24.3 Å². The third kappa shape index (κ3) is 6.74. The van der Waals surface area contributed by atoms with Crippen molar-refractivity contribution in [3.63, 3.8) is 0 Å². The van der Waals surface area contributed by atoms with E-state index in [-0.39, 0.29) is 24.0 Å². The monoisotopic (exact) mass is 479 g/mol. The van der Waals surface area contributed by atoms with Gasteiger partial charge < -0.3 is 15.4 Å². The van der Waals surface area contributed by atoms with Crippen molar-refractivity contribution in [3.05, 3.63) is 65.2 Å². The van der Waals surface area contributed by atoms with Gasteiger partial charge in [-0.2, -0.15) is 13.2 Å². The van der Waals surface area contributed by atoms with Crippen molar-refractivity contribution in [1.82, 2.24) is 10.6 Å². The van der Waals surface area contributed by atoms with Gasteiger partial charge in [0, 0.05) is 20.1 Å². The van der Waals surface area contributed by atoms with Gasteiger partial charge in [0.1, 0.15) is 5.75 Å². The van der Waals surface area contributed by atoms with Crippen LogP contribution in [0.15, 0.2) is 53.5 Å². The second kappa shape index (κ2) is 10.2. The molecule has 0 aliphatic heterocycles. The molecule has 2 rings (SSSR count). The summed E-state index contributed by atoms with van der Waals surface area (Å²) in [6.07, 6.45) is -4.32. The summed E-state index contributed by atoms with van der Waals surface area (Å²) in [5, 5.41) is 6.22. The fourth-order valence-corrected chi connectivity index (χ4v) is 2.19. The second-order valence-electron chi connectivity index (χ2n) is 5.33. The molecule has 0 aliphatic rings. The Balaban J connectivity index is 0.00000338. The Morgan fingerprint density at radius 2 is 1.62 bits per heavy atom. The third-order valence-electron chi connectivity index (χ3n) is 3.56. The quantitative estimate of drug-likeness (QED) is 0.384. The van der Waals surface area contributed by atoms with Crippen LogP contribution in [-0.4, -0.2) is 20.1 Å². The van der Waals surface area contributed by atoms with Gasteiger partial charge in [-0.05, 0) is 35.4 Å². The predicted molar refractivity (Wildman–Crippen MR) is 107 cm³/mol. The van der Waals surface area contributed by atoms with Gasteiger partial charge in [-0.25, -0.2) is 0 Å². The van der Waals surface area contributed by atoms with Crippen molar-refractivity contribution in [3.8, 4) is 5.75 Å². The van der Waals surface area contributed by atoms with Crippen LogP contribution < -0.4 is 15.4 Å². The molecular weight excluding hydrogens is 458 g/mol. The van der Waals surface area contributed by atoms with Gasteiger partial charge >= 0.3 is 6.18 Å². The lowest BCUT2D eigenvalue weighted by molar-refractivity contribution is -0.137. The van der Waals surface area contributed by atoms with Crippen LogP contribution in [0.2, 0.25) is 0 Å². The van der Waals surface area contributed by atoms with E-state index >= 15 is 0 Å². The molecular formula is C18H21F3IN3O. The van der Waals surface area contributed by atoms with E-state index in [0.717, 1.165) is 29.0 Å². The minimum atomic E-state index is -4.32. The second-order valence-corrected chi connectivity index (χ2v) is 5.33. The van der Waals surface area contributed by atoms with Gasteiger partial charge in [0.05, 0.1) is 12.7 Å². The number of nitrogens with zero attached hydrogens (tertiary/aromatic N) is 1. The van der Waals surface area contributed by atoms with Crippen LogP contribution in [0.5, 0.6) is 5.75 Å². The van der Waals surface area contributed by atoms with Gasteiger partial charge in [0.15, 0.2) is 5.96 Å². The summed E-state index contributed by atoms with van der Waals surface area (Å²) in [4.78, 5) is 4.10. The van der Waals surface area contributed by atoms with E-state index < -0.39 is 11.7 Å². The molecule has 0 aromatic heterocycles. The van der Waals surface area contributed by atoms with E-state index in [4.69, 9.17) is 4.74 Å². The minimum absolute atomic E-state index is 0. The molecule has 2 N–H and O–H groups in total. The molecule has 0 bridgehead atoms. The molecule has 0 saturated heterocycles. The maximum atomic E-state index is 12.6. The lowest BCUT2D eigenvalue weighted by atomic mass is 10.1. The molecule has 0 spiro atoms. The maximum Gasteiger partial charge on any atom is 0.416 e. The van der Waals surface area contributed by atoms with Crippen LogP contribution in [0, 0.1) is 0 Å². The summed E-state index contributed by atoms with van der Waals surface area (Å²) in [6, 6.07) is 12.7. The molecule has 2 aromatic rings. The number of rotatable bonds is 5. The number of methoxy groups -OCH3 is 1. The fourth-order valence-electron chi connectivity index (χ4n) is 2.19. The first-order chi connectivity index (χ1) is 11.9. The molecule has 0 saturated carbocycles. The Morgan fingerprint density at radius 1 is 1.00 bits per heavy atom. The van der Waals surface area contributed by atoms with Crippen LogP contribution in [0.4, 0.5) is 13.2 Å². The smallest absolute Gasteiger partial charge is 0.416 e. The first-order valence-corrected chi connectivity index (χ1v) is 7.66. The van der Waals surface area contributed by atoms with Crippen LogP contribution in [0.25, 0.3) is 0 Å². The average molecular weight is 479 g/mol. The number of halogens is 4. The summed E-state index contributed by atoms with van der Waals surface area (Å²) >= 11 is 0. The normalized spacial score (nSPS) is 11.5. The SMILES string of the molecule is CN=C(NCc1ccc(C(F)(F)F)cc1)NCc1cccc(OC)c1.I. The Morgan fingerprint density at radius 3 is 2.15 bits per heavy atom. The highest BCUT2D eigenvalue weighted by Gasteiger charge is 2.29. The molecule has 26 heavy (non-hydrogen) atoms. The molecule has 142 valence electrons. The summed E-state index contributed by atoms with van der Waals surface area (Å²) in [6.45, 7) is 0.916. The molecule has 0 amide bonds. The molecule has 0 fully saturated rings.